The van der Waals surface area contributed by atoms with Gasteiger partial charge in [-0.1, -0.05) is 55.4 Å². The largest absolute Gasteiger partial charge is 0.297 e. The maximum atomic E-state index is 4.52. The third-order valence-electron chi connectivity index (χ3n) is 4.73. The molecule has 1 aromatic carbocycles. The van der Waals surface area contributed by atoms with Crippen LogP contribution in [0.1, 0.15) is 36.9 Å². The van der Waals surface area contributed by atoms with E-state index < -0.39 is 0 Å². The molecular weight excluding hydrogens is 328 g/mol. The van der Waals surface area contributed by atoms with Crippen molar-refractivity contribution in [1.82, 2.24) is 19.8 Å². The molecule has 2 aromatic rings. The van der Waals surface area contributed by atoms with Gasteiger partial charge in [0.1, 0.15) is 0 Å². The second kappa shape index (κ2) is 9.32. The number of thioether (sulfide) groups is 1. The Hall–Kier alpha value is -1.43. The molecule has 0 aliphatic carbocycles. The molecule has 0 amide bonds. The van der Waals surface area contributed by atoms with Crippen molar-refractivity contribution in [2.45, 2.75) is 37.5 Å². The Labute approximate surface area is 155 Å². The summed E-state index contributed by atoms with van der Waals surface area (Å²) < 4.78 is 0. The smallest absolute Gasteiger partial charge is 0.187 e. The molecule has 1 aromatic heterocycles. The highest BCUT2D eigenvalue weighted by atomic mass is 32.2. The van der Waals surface area contributed by atoms with E-state index in [1.807, 2.05) is 12.4 Å². The lowest BCUT2D eigenvalue weighted by Gasteiger charge is -2.39. The Bertz CT molecular complexity index is 632. The van der Waals surface area contributed by atoms with E-state index in [4.69, 9.17) is 0 Å². The van der Waals surface area contributed by atoms with Gasteiger partial charge in [-0.15, -0.1) is 0 Å². The van der Waals surface area contributed by atoms with E-state index in [0.717, 1.165) is 37.1 Å². The van der Waals surface area contributed by atoms with Crippen molar-refractivity contribution in [3.63, 3.8) is 0 Å². The number of likely N-dealkylation sites (N-methyl/N-ethyl adjacent to an activating group) is 1. The maximum Gasteiger partial charge on any atom is 0.187 e. The fraction of sp³-hybridized carbons (Fsp3) is 0.500. The number of nitrogens with zero attached hydrogens (tertiary/aromatic N) is 4. The highest BCUT2D eigenvalue weighted by molar-refractivity contribution is 7.99. The Kier molecular flexibility index (Phi) is 6.84. The average molecular weight is 357 g/mol. The van der Waals surface area contributed by atoms with Gasteiger partial charge in [0, 0.05) is 55.9 Å². The standard InChI is InChI=1S/C20H28N4S/c1-3-4-12-25-20-21-13-17(14-22-20)15-24-11-10-23(2)19(16-24)18-8-6-5-7-9-18/h5-9,13-14,19H,3-4,10-12,15-16H2,1-2H3/t19-/m0/s1. The Morgan fingerprint density at radius 1 is 1.12 bits per heavy atom. The zero-order chi connectivity index (χ0) is 17.5. The molecule has 134 valence electrons. The Morgan fingerprint density at radius 2 is 1.88 bits per heavy atom. The van der Waals surface area contributed by atoms with Gasteiger partial charge >= 0.3 is 0 Å². The summed E-state index contributed by atoms with van der Waals surface area (Å²) in [5.74, 6) is 1.10. The molecule has 5 heteroatoms. The number of unbranched alkanes of at least 4 members (excludes halogenated alkanes) is 1. The third-order valence-corrected chi connectivity index (χ3v) is 5.70. The summed E-state index contributed by atoms with van der Waals surface area (Å²) in [6, 6.07) is 11.3. The number of benzene rings is 1. The molecule has 1 saturated heterocycles. The molecule has 4 nitrogen and oxygen atoms in total. The van der Waals surface area contributed by atoms with Crippen molar-refractivity contribution < 1.29 is 0 Å². The predicted molar refractivity (Wildman–Crippen MR) is 105 cm³/mol. The van der Waals surface area contributed by atoms with E-state index in [1.54, 1.807) is 11.8 Å². The molecule has 0 N–H and O–H groups in total. The van der Waals surface area contributed by atoms with E-state index in [1.165, 1.54) is 24.0 Å². The van der Waals surface area contributed by atoms with Crippen LogP contribution in [0.3, 0.4) is 0 Å². The van der Waals surface area contributed by atoms with Gasteiger partial charge in [-0.2, -0.15) is 0 Å². The molecule has 0 bridgehead atoms. The van der Waals surface area contributed by atoms with Gasteiger partial charge in [-0.25, -0.2) is 9.97 Å². The van der Waals surface area contributed by atoms with Crippen LogP contribution in [-0.2, 0) is 6.54 Å². The van der Waals surface area contributed by atoms with E-state index >= 15 is 0 Å². The molecular formula is C20H28N4S. The molecule has 1 aliphatic heterocycles. The van der Waals surface area contributed by atoms with Gasteiger partial charge in [0.2, 0.25) is 0 Å². The monoisotopic (exact) mass is 356 g/mol. The van der Waals surface area contributed by atoms with E-state index in [2.05, 4.69) is 64.1 Å². The lowest BCUT2D eigenvalue weighted by atomic mass is 10.0. The first-order chi connectivity index (χ1) is 12.3. The summed E-state index contributed by atoms with van der Waals surface area (Å²) in [5.41, 5.74) is 2.60. The van der Waals surface area contributed by atoms with Crippen LogP contribution in [0.2, 0.25) is 0 Å². The minimum absolute atomic E-state index is 0.458. The predicted octanol–water partition coefficient (Wildman–Crippen LogP) is 3.86. The van der Waals surface area contributed by atoms with Gasteiger partial charge in [-0.05, 0) is 19.0 Å². The molecule has 1 atom stereocenters. The van der Waals surface area contributed by atoms with E-state index in [0.29, 0.717) is 6.04 Å². The Morgan fingerprint density at radius 3 is 2.60 bits per heavy atom. The highest BCUT2D eigenvalue weighted by Gasteiger charge is 2.25. The van der Waals surface area contributed by atoms with Crippen molar-refractivity contribution in [3.05, 3.63) is 53.9 Å². The molecule has 3 rings (SSSR count). The van der Waals surface area contributed by atoms with Crippen molar-refractivity contribution in [1.29, 1.82) is 0 Å². The first-order valence-electron chi connectivity index (χ1n) is 9.17. The second-order valence-electron chi connectivity index (χ2n) is 6.72. The minimum atomic E-state index is 0.458. The second-order valence-corrected chi connectivity index (χ2v) is 7.78. The first-order valence-corrected chi connectivity index (χ1v) is 10.2. The molecule has 1 fully saturated rings. The van der Waals surface area contributed by atoms with Crippen LogP contribution < -0.4 is 0 Å². The fourth-order valence-corrected chi connectivity index (χ4v) is 4.04. The van der Waals surface area contributed by atoms with Crippen molar-refractivity contribution in [2.24, 2.45) is 0 Å². The number of piperazine rings is 1. The summed E-state index contributed by atoms with van der Waals surface area (Å²) in [7, 11) is 2.22. The fourth-order valence-electron chi connectivity index (χ4n) is 3.17. The van der Waals surface area contributed by atoms with Crippen molar-refractivity contribution >= 4 is 11.8 Å². The quantitative estimate of drug-likeness (QED) is 0.427. The van der Waals surface area contributed by atoms with Gasteiger partial charge in [0.05, 0.1) is 0 Å². The molecule has 25 heavy (non-hydrogen) atoms. The SMILES string of the molecule is CCCCSc1ncc(CN2CCN(C)[C@H](c3ccccc3)C2)cn1. The van der Waals surface area contributed by atoms with Crippen molar-refractivity contribution in [2.75, 3.05) is 32.4 Å². The summed E-state index contributed by atoms with van der Waals surface area (Å²) in [4.78, 5) is 14.0. The van der Waals surface area contributed by atoms with Crippen LogP contribution in [0.25, 0.3) is 0 Å². The lowest BCUT2D eigenvalue weighted by molar-refractivity contribution is 0.0903. The van der Waals surface area contributed by atoms with Crippen LogP contribution in [0, 0.1) is 0 Å². The van der Waals surface area contributed by atoms with Crippen LogP contribution in [0.15, 0.2) is 47.9 Å². The van der Waals surface area contributed by atoms with Crippen molar-refractivity contribution in [3.8, 4) is 0 Å². The number of aromatic nitrogens is 2. The summed E-state index contributed by atoms with van der Waals surface area (Å²) in [6.07, 6.45) is 6.43. The summed E-state index contributed by atoms with van der Waals surface area (Å²) >= 11 is 1.76. The zero-order valence-corrected chi connectivity index (χ0v) is 16.1. The van der Waals surface area contributed by atoms with Crippen LogP contribution in [-0.4, -0.2) is 52.2 Å². The number of rotatable bonds is 7. The van der Waals surface area contributed by atoms with Crippen LogP contribution >= 0.6 is 11.8 Å². The van der Waals surface area contributed by atoms with Gasteiger partial charge in [0.25, 0.3) is 0 Å². The minimum Gasteiger partial charge on any atom is -0.297 e. The van der Waals surface area contributed by atoms with Crippen LogP contribution in [0.5, 0.6) is 0 Å². The molecule has 2 heterocycles. The van der Waals surface area contributed by atoms with Crippen LogP contribution in [0.4, 0.5) is 0 Å². The van der Waals surface area contributed by atoms with E-state index in [9.17, 15) is 0 Å². The topological polar surface area (TPSA) is 32.3 Å². The molecule has 0 unspecified atom stereocenters. The average Bonchev–Trinajstić information content (AvgIpc) is 2.66. The highest BCUT2D eigenvalue weighted by Crippen LogP contribution is 2.24. The van der Waals surface area contributed by atoms with Gasteiger partial charge in [0.15, 0.2) is 5.16 Å². The van der Waals surface area contributed by atoms with Gasteiger partial charge in [-0.3, -0.25) is 9.80 Å². The third kappa shape index (κ3) is 5.27. The van der Waals surface area contributed by atoms with Gasteiger partial charge < -0.3 is 0 Å². The first kappa shape index (κ1) is 18.4. The normalized spacial score (nSPS) is 19.2. The Balaban J connectivity index is 1.57. The molecule has 0 saturated carbocycles. The number of hydrogen-bond acceptors (Lipinski definition) is 5. The lowest BCUT2D eigenvalue weighted by Crippen LogP contribution is -2.46. The zero-order valence-electron chi connectivity index (χ0n) is 15.3. The van der Waals surface area contributed by atoms with E-state index in [-0.39, 0.29) is 0 Å². The summed E-state index contributed by atoms with van der Waals surface area (Å²) in [6.45, 7) is 6.37. The summed E-state index contributed by atoms with van der Waals surface area (Å²) in [5, 5.41) is 0.901. The molecule has 0 spiro atoms. The molecule has 0 radical (unpaired) electrons. The number of hydrogen-bond donors (Lipinski definition) is 0. The molecule has 1 aliphatic rings. The maximum absolute atomic E-state index is 4.52.